The standard InChI is InChI=1S/C22H27N3O3/c1-28-18-9-6-8-17(16-18)12-13-23-21(26)19-10-7-11-20(24-19)22(27)25-14-4-2-3-5-15-25/h6-11,16H,2-5,12-15H2,1H3,(H,23,26). The van der Waals surface area contributed by atoms with Crippen molar-refractivity contribution in [2.75, 3.05) is 26.7 Å². The molecule has 0 unspecified atom stereocenters. The lowest BCUT2D eigenvalue weighted by Crippen LogP contribution is -2.33. The first-order chi connectivity index (χ1) is 13.7. The zero-order valence-corrected chi connectivity index (χ0v) is 16.3. The predicted octanol–water partition coefficient (Wildman–Crippen LogP) is 3.08. The average molecular weight is 381 g/mol. The van der Waals surface area contributed by atoms with Crippen molar-refractivity contribution in [3.05, 3.63) is 59.4 Å². The highest BCUT2D eigenvalue weighted by molar-refractivity contribution is 5.96. The smallest absolute Gasteiger partial charge is 0.272 e. The minimum atomic E-state index is -0.270. The lowest BCUT2D eigenvalue weighted by molar-refractivity contribution is 0.0755. The van der Waals surface area contributed by atoms with Crippen LogP contribution in [0, 0.1) is 0 Å². The van der Waals surface area contributed by atoms with E-state index < -0.39 is 0 Å². The molecule has 1 aliphatic heterocycles. The van der Waals surface area contributed by atoms with Gasteiger partial charge in [-0.05, 0) is 49.1 Å². The molecule has 6 heteroatoms. The van der Waals surface area contributed by atoms with Crippen molar-refractivity contribution in [3.8, 4) is 5.75 Å². The number of benzene rings is 1. The molecule has 0 aliphatic carbocycles. The maximum absolute atomic E-state index is 12.7. The number of nitrogens with one attached hydrogen (secondary N) is 1. The molecule has 1 fully saturated rings. The number of methoxy groups -OCH3 is 1. The lowest BCUT2D eigenvalue weighted by atomic mass is 10.1. The van der Waals surface area contributed by atoms with Gasteiger partial charge in [0.25, 0.3) is 11.8 Å². The zero-order valence-electron chi connectivity index (χ0n) is 16.3. The molecule has 1 N–H and O–H groups in total. The van der Waals surface area contributed by atoms with E-state index in [1.54, 1.807) is 25.3 Å². The van der Waals surface area contributed by atoms with Crippen molar-refractivity contribution in [2.24, 2.45) is 0 Å². The van der Waals surface area contributed by atoms with Gasteiger partial charge >= 0.3 is 0 Å². The van der Waals surface area contributed by atoms with Crippen LogP contribution in [0.2, 0.25) is 0 Å². The zero-order chi connectivity index (χ0) is 19.8. The molecule has 6 nitrogen and oxygen atoms in total. The first-order valence-corrected chi connectivity index (χ1v) is 9.85. The third kappa shape index (κ3) is 5.31. The fraction of sp³-hybridized carbons (Fsp3) is 0.409. The van der Waals surface area contributed by atoms with Crippen molar-refractivity contribution in [1.29, 1.82) is 0 Å². The second-order valence-electron chi connectivity index (χ2n) is 6.97. The molecule has 0 atom stereocenters. The van der Waals surface area contributed by atoms with Crippen molar-refractivity contribution in [1.82, 2.24) is 15.2 Å². The van der Waals surface area contributed by atoms with Crippen molar-refractivity contribution >= 4 is 11.8 Å². The minimum Gasteiger partial charge on any atom is -0.497 e. The summed E-state index contributed by atoms with van der Waals surface area (Å²) < 4.78 is 5.21. The van der Waals surface area contributed by atoms with Gasteiger partial charge in [-0.2, -0.15) is 0 Å². The molecular weight excluding hydrogens is 354 g/mol. The van der Waals surface area contributed by atoms with Crippen LogP contribution >= 0.6 is 0 Å². The molecule has 0 saturated carbocycles. The summed E-state index contributed by atoms with van der Waals surface area (Å²) in [4.78, 5) is 31.3. The maximum Gasteiger partial charge on any atom is 0.272 e. The monoisotopic (exact) mass is 381 g/mol. The maximum atomic E-state index is 12.7. The van der Waals surface area contributed by atoms with Crippen LogP contribution < -0.4 is 10.1 Å². The summed E-state index contributed by atoms with van der Waals surface area (Å²) in [5, 5.41) is 2.87. The number of pyridine rings is 1. The summed E-state index contributed by atoms with van der Waals surface area (Å²) in [5.74, 6) is 0.437. The number of carbonyl (C=O) groups is 2. The Morgan fingerprint density at radius 1 is 1.04 bits per heavy atom. The Labute approximate surface area is 165 Å². The Bertz CT molecular complexity index is 814. The van der Waals surface area contributed by atoms with Crippen LogP contribution in [0.3, 0.4) is 0 Å². The summed E-state index contributed by atoms with van der Waals surface area (Å²) in [7, 11) is 1.63. The van der Waals surface area contributed by atoms with Crippen LogP contribution in [0.1, 0.15) is 52.2 Å². The number of rotatable bonds is 6. The third-order valence-corrected chi connectivity index (χ3v) is 4.93. The third-order valence-electron chi connectivity index (χ3n) is 4.93. The molecule has 0 radical (unpaired) electrons. The van der Waals surface area contributed by atoms with Crippen LogP contribution in [-0.2, 0) is 6.42 Å². The molecule has 1 saturated heterocycles. The Hall–Kier alpha value is -2.89. The fourth-order valence-corrected chi connectivity index (χ4v) is 3.35. The van der Waals surface area contributed by atoms with Gasteiger partial charge in [0.05, 0.1) is 7.11 Å². The van der Waals surface area contributed by atoms with Crippen LogP contribution in [-0.4, -0.2) is 48.4 Å². The fourth-order valence-electron chi connectivity index (χ4n) is 3.35. The first kappa shape index (κ1) is 19.9. The number of hydrogen-bond acceptors (Lipinski definition) is 4. The number of nitrogens with zero attached hydrogens (tertiary/aromatic N) is 2. The van der Waals surface area contributed by atoms with E-state index in [0.29, 0.717) is 18.7 Å². The van der Waals surface area contributed by atoms with E-state index in [9.17, 15) is 9.59 Å². The summed E-state index contributed by atoms with van der Waals surface area (Å²) >= 11 is 0. The van der Waals surface area contributed by atoms with Crippen molar-refractivity contribution in [2.45, 2.75) is 32.1 Å². The van der Waals surface area contributed by atoms with Gasteiger partial charge in [-0.15, -0.1) is 0 Å². The Kier molecular flexibility index (Phi) is 7.00. The average Bonchev–Trinajstić information content (AvgIpc) is 3.03. The first-order valence-electron chi connectivity index (χ1n) is 9.85. The molecule has 148 valence electrons. The summed E-state index contributed by atoms with van der Waals surface area (Å²) in [5.41, 5.74) is 1.69. The highest BCUT2D eigenvalue weighted by Crippen LogP contribution is 2.14. The number of hydrogen-bond donors (Lipinski definition) is 1. The highest BCUT2D eigenvalue weighted by Gasteiger charge is 2.19. The molecule has 0 spiro atoms. The molecule has 2 amide bonds. The molecule has 2 heterocycles. The van der Waals surface area contributed by atoms with Crippen LogP contribution in [0.5, 0.6) is 5.75 Å². The summed E-state index contributed by atoms with van der Waals surface area (Å²) in [6.07, 6.45) is 5.06. The van der Waals surface area contributed by atoms with E-state index in [-0.39, 0.29) is 17.5 Å². The normalized spacial score (nSPS) is 14.2. The Morgan fingerprint density at radius 2 is 1.75 bits per heavy atom. The topological polar surface area (TPSA) is 71.5 Å². The Morgan fingerprint density at radius 3 is 2.50 bits per heavy atom. The molecule has 3 rings (SSSR count). The van der Waals surface area contributed by atoms with E-state index >= 15 is 0 Å². The quantitative estimate of drug-likeness (QED) is 0.835. The van der Waals surface area contributed by atoms with Crippen LogP contribution in [0.15, 0.2) is 42.5 Å². The second kappa shape index (κ2) is 9.88. The van der Waals surface area contributed by atoms with Gasteiger partial charge in [-0.25, -0.2) is 4.98 Å². The van der Waals surface area contributed by atoms with Crippen molar-refractivity contribution < 1.29 is 14.3 Å². The molecule has 2 aromatic rings. The van der Waals surface area contributed by atoms with E-state index in [0.717, 1.165) is 50.1 Å². The molecule has 1 aliphatic rings. The van der Waals surface area contributed by atoms with Gasteiger partial charge in [0, 0.05) is 19.6 Å². The number of aromatic nitrogens is 1. The molecule has 28 heavy (non-hydrogen) atoms. The molecule has 1 aromatic heterocycles. The van der Waals surface area contributed by atoms with Gasteiger partial charge in [0.1, 0.15) is 17.1 Å². The van der Waals surface area contributed by atoms with Crippen LogP contribution in [0.25, 0.3) is 0 Å². The van der Waals surface area contributed by atoms with E-state index in [1.165, 1.54) is 0 Å². The van der Waals surface area contributed by atoms with Crippen molar-refractivity contribution in [3.63, 3.8) is 0 Å². The van der Waals surface area contributed by atoms with Gasteiger partial charge in [-0.1, -0.05) is 31.0 Å². The summed E-state index contributed by atoms with van der Waals surface area (Å²) in [6, 6.07) is 12.8. The number of amides is 2. The van der Waals surface area contributed by atoms with Crippen LogP contribution in [0.4, 0.5) is 0 Å². The number of carbonyl (C=O) groups excluding carboxylic acids is 2. The largest absolute Gasteiger partial charge is 0.497 e. The number of ether oxygens (including phenoxy) is 1. The SMILES string of the molecule is COc1cccc(CCNC(=O)c2cccc(C(=O)N3CCCCCC3)n2)c1. The minimum absolute atomic E-state index is 0.0899. The second-order valence-corrected chi connectivity index (χ2v) is 6.97. The van der Waals surface area contributed by atoms with Gasteiger partial charge < -0.3 is 15.0 Å². The molecular formula is C22H27N3O3. The van der Waals surface area contributed by atoms with E-state index in [1.807, 2.05) is 29.2 Å². The molecule has 1 aromatic carbocycles. The highest BCUT2D eigenvalue weighted by atomic mass is 16.5. The predicted molar refractivity (Wildman–Crippen MR) is 108 cm³/mol. The summed E-state index contributed by atoms with van der Waals surface area (Å²) in [6.45, 7) is 2.01. The Balaban J connectivity index is 1.57. The van der Waals surface area contributed by atoms with Gasteiger partial charge in [-0.3, -0.25) is 9.59 Å². The van der Waals surface area contributed by atoms with E-state index in [4.69, 9.17) is 4.74 Å². The molecule has 0 bridgehead atoms. The van der Waals surface area contributed by atoms with E-state index in [2.05, 4.69) is 10.3 Å². The lowest BCUT2D eigenvalue weighted by Gasteiger charge is -2.19. The van der Waals surface area contributed by atoms with Gasteiger partial charge in [0.2, 0.25) is 0 Å². The van der Waals surface area contributed by atoms with Gasteiger partial charge in [0.15, 0.2) is 0 Å². The number of likely N-dealkylation sites (tertiary alicyclic amines) is 1.